The number of aliphatic hydroxyl groups is 1. The molecule has 7 rings (SSSR count). The molecule has 1 N–H and O–H groups in total. The van der Waals surface area contributed by atoms with Crippen LogP contribution in [0.15, 0.2) is 100 Å². The minimum absolute atomic E-state index is 0.00706. The molecule has 1 aliphatic heterocycles. The molecule has 0 saturated carbocycles. The molecule has 0 atom stereocenters. The third-order valence-corrected chi connectivity index (χ3v) is 8.59. The lowest BCUT2D eigenvalue weighted by Crippen LogP contribution is -2.30. The van der Waals surface area contributed by atoms with E-state index in [0.717, 1.165) is 55.0 Å². The molecule has 0 radical (unpaired) electrons. The molecule has 4 heteroatoms. The number of carbonyl (C=O) groups is 1. The second-order valence-corrected chi connectivity index (χ2v) is 13.8. The van der Waals surface area contributed by atoms with Crippen molar-refractivity contribution >= 4 is 45.9 Å². The molecular weight excluding hydrogens is 544 g/mol. The number of rotatable bonds is 2. The van der Waals surface area contributed by atoms with Crippen LogP contribution >= 0.6 is 0 Å². The van der Waals surface area contributed by atoms with Crippen molar-refractivity contribution < 1.29 is 19.1 Å². The average molecular weight is 580 g/mol. The van der Waals surface area contributed by atoms with Crippen molar-refractivity contribution in [2.24, 2.45) is 0 Å². The lowest BCUT2D eigenvalue weighted by atomic mass is 9.85. The number of ketones is 1. The topological polar surface area (TPSA) is 57.8 Å². The van der Waals surface area contributed by atoms with Gasteiger partial charge < -0.3 is 9.84 Å². The molecule has 1 aliphatic carbocycles. The molecule has 218 valence electrons. The molecule has 0 unspecified atom stereocenters. The summed E-state index contributed by atoms with van der Waals surface area (Å²) < 4.78 is 12.5. The van der Waals surface area contributed by atoms with Crippen LogP contribution in [0, 0.1) is 0 Å². The second kappa shape index (κ2) is 9.78. The molecule has 4 aromatic carbocycles. The quantitative estimate of drug-likeness (QED) is 0.127. The number of ether oxygens (including phenoxy) is 1. The van der Waals surface area contributed by atoms with E-state index in [2.05, 4.69) is 78.0 Å². The molecule has 0 spiro atoms. The maximum Gasteiger partial charge on any atom is 0.361 e. The molecule has 44 heavy (non-hydrogen) atoms. The number of hydrogen-bond acceptors (Lipinski definition) is 3. The first-order valence-electron chi connectivity index (χ1n) is 15.0. The predicted octanol–water partition coefficient (Wildman–Crippen LogP) is 8.66. The molecule has 2 heterocycles. The summed E-state index contributed by atoms with van der Waals surface area (Å²) in [6.07, 6.45) is 5.61. The molecule has 5 aromatic rings. The highest BCUT2D eigenvalue weighted by Gasteiger charge is 2.32. The summed E-state index contributed by atoms with van der Waals surface area (Å²) in [6, 6.07) is 26.2. The second-order valence-electron chi connectivity index (χ2n) is 13.8. The molecule has 4 nitrogen and oxygen atoms in total. The third kappa shape index (κ3) is 4.71. The SMILES string of the molecule is CC(C)(C)c1ccc2c(c1)C=c1c(cccc1=CC1=C(O)C(=Cc3cccc4[o+]c5ccc(C(C)(C)C)cc5cc34)C1=O)O2. The normalized spacial score (nSPS) is 16.1. The molecule has 0 fully saturated rings. The summed E-state index contributed by atoms with van der Waals surface area (Å²) >= 11 is 0. The van der Waals surface area contributed by atoms with Crippen LogP contribution in [-0.4, -0.2) is 10.9 Å². The fraction of sp³-hybridized carbons (Fsp3) is 0.200. The largest absolute Gasteiger partial charge is 0.506 e. The van der Waals surface area contributed by atoms with E-state index in [0.29, 0.717) is 0 Å². The van der Waals surface area contributed by atoms with E-state index < -0.39 is 0 Å². The van der Waals surface area contributed by atoms with Gasteiger partial charge in [0, 0.05) is 22.9 Å². The Kier molecular flexibility index (Phi) is 6.19. The summed E-state index contributed by atoms with van der Waals surface area (Å²) in [5.74, 6) is 1.32. The van der Waals surface area contributed by atoms with E-state index in [4.69, 9.17) is 9.15 Å². The van der Waals surface area contributed by atoms with Gasteiger partial charge in [-0.2, -0.15) is 0 Å². The van der Waals surface area contributed by atoms with Gasteiger partial charge in [0.05, 0.1) is 21.9 Å². The highest BCUT2D eigenvalue weighted by molar-refractivity contribution is 6.26. The minimum Gasteiger partial charge on any atom is -0.506 e. The zero-order chi connectivity index (χ0) is 31.0. The fourth-order valence-electron chi connectivity index (χ4n) is 5.87. The summed E-state index contributed by atoms with van der Waals surface area (Å²) in [6.45, 7) is 13.1. The number of aliphatic hydroxyl groups excluding tert-OH is 1. The van der Waals surface area contributed by atoms with E-state index in [1.807, 2.05) is 48.5 Å². The average Bonchev–Trinajstić information content (AvgIpc) is 2.99. The summed E-state index contributed by atoms with van der Waals surface area (Å²) in [5, 5.41) is 14.7. The Labute approximate surface area is 256 Å². The molecule has 0 saturated heterocycles. The summed E-state index contributed by atoms with van der Waals surface area (Å²) in [5.41, 5.74) is 6.36. The van der Waals surface area contributed by atoms with Gasteiger partial charge in [0.2, 0.25) is 5.78 Å². The summed E-state index contributed by atoms with van der Waals surface area (Å²) in [7, 11) is 0. The highest BCUT2D eigenvalue weighted by Crippen LogP contribution is 2.36. The molecule has 0 bridgehead atoms. The molecular formula is C40H35O4+. The number of carbonyl (C=O) groups excluding carboxylic acids is 1. The number of Topliss-reactive ketones (excluding diaryl/α,β-unsaturated/α-hetero) is 1. The fourth-order valence-corrected chi connectivity index (χ4v) is 5.87. The summed E-state index contributed by atoms with van der Waals surface area (Å²) in [4.78, 5) is 13.4. The van der Waals surface area contributed by atoms with Crippen LogP contribution in [-0.2, 0) is 15.6 Å². The van der Waals surface area contributed by atoms with Crippen LogP contribution in [0.3, 0.4) is 0 Å². The van der Waals surface area contributed by atoms with Crippen LogP contribution in [0.5, 0.6) is 11.5 Å². The van der Waals surface area contributed by atoms with Crippen molar-refractivity contribution in [3.05, 3.63) is 128 Å². The van der Waals surface area contributed by atoms with Crippen molar-refractivity contribution in [1.82, 2.24) is 0 Å². The maximum atomic E-state index is 13.4. The van der Waals surface area contributed by atoms with Crippen molar-refractivity contribution in [1.29, 1.82) is 0 Å². The predicted molar refractivity (Wildman–Crippen MR) is 178 cm³/mol. The Morgan fingerprint density at radius 2 is 1.48 bits per heavy atom. The zero-order valence-corrected chi connectivity index (χ0v) is 25.9. The number of benzene rings is 4. The van der Waals surface area contributed by atoms with E-state index in [-0.39, 0.29) is 33.5 Å². The van der Waals surface area contributed by atoms with Gasteiger partial charge in [-0.15, -0.1) is 0 Å². The number of hydrogen-bond donors (Lipinski definition) is 1. The standard InChI is InChI=1S/C40H34O4/c1-39(2,3)27-13-15-33-25(17-27)21-29-23(9-7-11-35(29)43-33)19-31-37(41)32(38(31)42)20-24-10-8-12-36-30(24)22-26-18-28(40(4,5)6)14-16-34(26)44-36/h7-22H,1-6H3/p+1. The molecule has 1 aromatic heterocycles. The van der Waals surface area contributed by atoms with E-state index >= 15 is 0 Å². The van der Waals surface area contributed by atoms with E-state index in [1.54, 1.807) is 12.2 Å². The Morgan fingerprint density at radius 1 is 0.750 bits per heavy atom. The van der Waals surface area contributed by atoms with Crippen molar-refractivity contribution in [2.45, 2.75) is 52.4 Å². The van der Waals surface area contributed by atoms with Crippen molar-refractivity contribution in [3.8, 4) is 11.5 Å². The first kappa shape index (κ1) is 27.8. The Balaban J connectivity index is 1.30. The van der Waals surface area contributed by atoms with Crippen LogP contribution in [0.1, 0.15) is 63.8 Å². The third-order valence-electron chi connectivity index (χ3n) is 8.59. The van der Waals surface area contributed by atoms with Gasteiger partial charge in [-0.05, 0) is 87.4 Å². The van der Waals surface area contributed by atoms with Crippen molar-refractivity contribution in [2.75, 3.05) is 0 Å². The molecule has 2 aliphatic rings. The first-order valence-corrected chi connectivity index (χ1v) is 15.0. The van der Waals surface area contributed by atoms with Gasteiger partial charge in [0.15, 0.2) is 0 Å². The van der Waals surface area contributed by atoms with E-state index in [9.17, 15) is 9.90 Å². The van der Waals surface area contributed by atoms with Crippen LogP contribution in [0.4, 0.5) is 0 Å². The van der Waals surface area contributed by atoms with Crippen LogP contribution in [0.2, 0.25) is 0 Å². The number of fused-ring (bicyclic) bond motifs is 4. The van der Waals surface area contributed by atoms with Gasteiger partial charge in [-0.25, -0.2) is 4.42 Å². The van der Waals surface area contributed by atoms with Gasteiger partial charge in [0.1, 0.15) is 17.3 Å². The maximum absolute atomic E-state index is 13.4. The van der Waals surface area contributed by atoms with Gasteiger partial charge in [0.25, 0.3) is 0 Å². The Morgan fingerprint density at radius 3 is 2.23 bits per heavy atom. The van der Waals surface area contributed by atoms with E-state index in [1.165, 1.54) is 11.1 Å². The van der Waals surface area contributed by atoms with Crippen LogP contribution < -0.4 is 15.2 Å². The smallest absolute Gasteiger partial charge is 0.361 e. The number of allylic oxidation sites excluding steroid dienone is 2. The first-order chi connectivity index (χ1) is 20.9. The lowest BCUT2D eigenvalue weighted by molar-refractivity contribution is -0.113. The van der Waals surface area contributed by atoms with Gasteiger partial charge in [-0.1, -0.05) is 71.9 Å². The van der Waals surface area contributed by atoms with Gasteiger partial charge >= 0.3 is 11.2 Å². The molecule has 0 amide bonds. The van der Waals surface area contributed by atoms with Crippen LogP contribution in [0.25, 0.3) is 40.2 Å². The van der Waals surface area contributed by atoms with Crippen molar-refractivity contribution in [3.63, 3.8) is 0 Å². The lowest BCUT2D eigenvalue weighted by Gasteiger charge is -2.22. The zero-order valence-electron chi connectivity index (χ0n) is 25.9. The monoisotopic (exact) mass is 579 g/mol. The van der Waals surface area contributed by atoms with Gasteiger partial charge in [-0.3, -0.25) is 4.79 Å². The minimum atomic E-state index is -0.197. The highest BCUT2D eigenvalue weighted by atomic mass is 16.5. The Bertz CT molecular complexity index is 2230. The Hall–Kier alpha value is -4.96.